The molecule has 1 aromatic rings. The summed E-state index contributed by atoms with van der Waals surface area (Å²) in [6.07, 6.45) is 6.65. The van der Waals surface area contributed by atoms with E-state index >= 15 is 0 Å². The minimum Gasteiger partial charge on any atom is -0.326 e. The molecular weight excluding hydrogens is 267 g/mol. The van der Waals surface area contributed by atoms with Gasteiger partial charge in [-0.3, -0.25) is 4.79 Å². The summed E-state index contributed by atoms with van der Waals surface area (Å²) in [5.74, 6) is -0.331. The number of nitrogens with two attached hydrogens (primary N) is 1. The molecule has 3 N–H and O–H groups in total. The van der Waals surface area contributed by atoms with Crippen molar-refractivity contribution in [3.8, 4) is 0 Å². The number of hydrogen-bond acceptors (Lipinski definition) is 2. The van der Waals surface area contributed by atoms with Gasteiger partial charge in [0.15, 0.2) is 0 Å². The van der Waals surface area contributed by atoms with E-state index in [2.05, 4.69) is 12.2 Å². The summed E-state index contributed by atoms with van der Waals surface area (Å²) >= 11 is 0. The molecule has 1 fully saturated rings. The number of fused-ring (bicyclic) bond motifs is 1. The van der Waals surface area contributed by atoms with Crippen LogP contribution < -0.4 is 11.1 Å². The molecule has 114 valence electrons. The Balaban J connectivity index is 1.97. The number of halogens is 1. The molecule has 0 spiro atoms. The molecule has 1 aliphatic heterocycles. The van der Waals surface area contributed by atoms with Crippen molar-refractivity contribution in [3.63, 3.8) is 0 Å². The predicted molar refractivity (Wildman–Crippen MR) is 81.5 cm³/mol. The summed E-state index contributed by atoms with van der Waals surface area (Å²) in [6.45, 7) is 2.15. The Morgan fingerprint density at radius 3 is 2.71 bits per heavy atom. The number of benzene rings is 1. The summed E-state index contributed by atoms with van der Waals surface area (Å²) in [4.78, 5) is 11.4. The van der Waals surface area contributed by atoms with Crippen molar-refractivity contribution in [2.75, 3.05) is 5.32 Å². The van der Waals surface area contributed by atoms with Crippen LogP contribution in [-0.4, -0.2) is 5.91 Å². The lowest BCUT2D eigenvalue weighted by Crippen LogP contribution is -2.33. The molecule has 21 heavy (non-hydrogen) atoms. The average Bonchev–Trinajstić information content (AvgIpc) is 2.96. The highest BCUT2D eigenvalue weighted by Crippen LogP contribution is 2.49. The minimum absolute atomic E-state index is 0.0347. The molecule has 1 atom stereocenters. The Bertz CT molecular complexity index is 564. The minimum atomic E-state index is -0.289. The monoisotopic (exact) mass is 290 g/mol. The largest absolute Gasteiger partial charge is 0.326 e. The number of rotatable bonds is 3. The lowest BCUT2D eigenvalue weighted by molar-refractivity contribution is -0.116. The van der Waals surface area contributed by atoms with Crippen LogP contribution in [0.4, 0.5) is 10.1 Å². The van der Waals surface area contributed by atoms with Crippen LogP contribution in [0.5, 0.6) is 0 Å². The summed E-state index contributed by atoms with van der Waals surface area (Å²) in [5, 5.41) is 2.74. The molecule has 1 aromatic carbocycles. The van der Waals surface area contributed by atoms with Crippen LogP contribution in [0.25, 0.3) is 0 Å². The standard InChI is InChI=1S/C17H23FN2O/c1-2-17(7-3-4-8-17)16(19)12-9-11-5-6-15(21)20-14(11)10-13(12)18/h9-10,16H,2-8,19H2,1H3,(H,20,21). The lowest BCUT2D eigenvalue weighted by Gasteiger charge is -2.35. The van der Waals surface area contributed by atoms with Gasteiger partial charge >= 0.3 is 0 Å². The highest BCUT2D eigenvalue weighted by molar-refractivity contribution is 5.93. The summed E-state index contributed by atoms with van der Waals surface area (Å²) in [5.41, 5.74) is 8.75. The fourth-order valence-electron chi connectivity index (χ4n) is 3.95. The second-order valence-corrected chi connectivity index (χ2v) is 6.48. The molecule has 3 rings (SSSR count). The van der Waals surface area contributed by atoms with E-state index in [4.69, 9.17) is 5.73 Å². The Kier molecular flexibility index (Phi) is 3.74. The van der Waals surface area contributed by atoms with Gasteiger partial charge in [-0.25, -0.2) is 4.39 Å². The smallest absolute Gasteiger partial charge is 0.224 e. The van der Waals surface area contributed by atoms with Crippen molar-refractivity contribution >= 4 is 11.6 Å². The third-order valence-corrected chi connectivity index (χ3v) is 5.42. The van der Waals surface area contributed by atoms with Gasteiger partial charge in [-0.2, -0.15) is 0 Å². The van der Waals surface area contributed by atoms with Gasteiger partial charge in [0.05, 0.1) is 0 Å². The maximum Gasteiger partial charge on any atom is 0.224 e. The molecule has 0 radical (unpaired) electrons. The van der Waals surface area contributed by atoms with Gasteiger partial charge < -0.3 is 11.1 Å². The highest BCUT2D eigenvalue weighted by Gasteiger charge is 2.39. The number of anilines is 1. The number of amides is 1. The Morgan fingerprint density at radius 1 is 1.33 bits per heavy atom. The zero-order valence-electron chi connectivity index (χ0n) is 12.5. The molecule has 0 saturated heterocycles. The van der Waals surface area contributed by atoms with Crippen molar-refractivity contribution in [3.05, 3.63) is 29.1 Å². The van der Waals surface area contributed by atoms with Crippen LogP contribution in [0.3, 0.4) is 0 Å². The van der Waals surface area contributed by atoms with Gasteiger partial charge in [0.25, 0.3) is 0 Å². The maximum atomic E-state index is 14.5. The number of carbonyl (C=O) groups is 1. The molecule has 2 aliphatic rings. The number of aryl methyl sites for hydroxylation is 1. The van der Waals surface area contributed by atoms with Crippen molar-refractivity contribution in [2.24, 2.45) is 11.1 Å². The normalized spacial score (nSPS) is 21.8. The lowest BCUT2D eigenvalue weighted by atomic mass is 9.73. The van der Waals surface area contributed by atoms with Gasteiger partial charge in [-0.1, -0.05) is 19.8 Å². The van der Waals surface area contributed by atoms with E-state index in [0.29, 0.717) is 24.1 Å². The molecular formula is C17H23FN2O. The van der Waals surface area contributed by atoms with E-state index in [1.807, 2.05) is 6.07 Å². The van der Waals surface area contributed by atoms with Crippen LogP contribution in [0.2, 0.25) is 0 Å². The van der Waals surface area contributed by atoms with E-state index in [1.54, 1.807) is 0 Å². The van der Waals surface area contributed by atoms with E-state index in [0.717, 1.165) is 24.8 Å². The fraction of sp³-hybridized carbons (Fsp3) is 0.588. The van der Waals surface area contributed by atoms with Crippen molar-refractivity contribution < 1.29 is 9.18 Å². The quantitative estimate of drug-likeness (QED) is 0.892. The number of nitrogens with one attached hydrogen (secondary N) is 1. The molecule has 1 aliphatic carbocycles. The van der Waals surface area contributed by atoms with Gasteiger partial charge in [0, 0.05) is 23.7 Å². The summed E-state index contributed by atoms with van der Waals surface area (Å²) in [7, 11) is 0. The fourth-order valence-corrected chi connectivity index (χ4v) is 3.95. The van der Waals surface area contributed by atoms with Crippen LogP contribution in [-0.2, 0) is 11.2 Å². The van der Waals surface area contributed by atoms with E-state index < -0.39 is 0 Å². The molecule has 0 bridgehead atoms. The average molecular weight is 290 g/mol. The molecule has 1 heterocycles. The molecule has 4 heteroatoms. The van der Waals surface area contributed by atoms with Gasteiger partial charge in [-0.05, 0) is 48.8 Å². The van der Waals surface area contributed by atoms with Gasteiger partial charge in [0.2, 0.25) is 5.91 Å². The van der Waals surface area contributed by atoms with Crippen molar-refractivity contribution in [2.45, 2.75) is 57.9 Å². The first-order valence-corrected chi connectivity index (χ1v) is 7.93. The second-order valence-electron chi connectivity index (χ2n) is 6.48. The summed E-state index contributed by atoms with van der Waals surface area (Å²) < 4.78 is 14.5. The Labute approximate surface area is 125 Å². The first kappa shape index (κ1) is 14.5. The van der Waals surface area contributed by atoms with Crippen LogP contribution in [0.15, 0.2) is 12.1 Å². The predicted octanol–water partition coefficient (Wildman–Crippen LogP) is 3.68. The van der Waals surface area contributed by atoms with Crippen molar-refractivity contribution in [1.29, 1.82) is 0 Å². The van der Waals surface area contributed by atoms with Gasteiger partial charge in [-0.15, -0.1) is 0 Å². The Morgan fingerprint density at radius 2 is 2.05 bits per heavy atom. The SMILES string of the molecule is CCC1(C(N)c2cc3c(cc2F)NC(=O)CC3)CCCC1. The van der Waals surface area contributed by atoms with Crippen LogP contribution in [0, 0.1) is 11.2 Å². The summed E-state index contributed by atoms with van der Waals surface area (Å²) in [6, 6.07) is 3.07. The topological polar surface area (TPSA) is 55.1 Å². The first-order valence-electron chi connectivity index (χ1n) is 7.93. The first-order chi connectivity index (χ1) is 10.1. The highest BCUT2D eigenvalue weighted by atomic mass is 19.1. The second kappa shape index (κ2) is 5.41. The number of hydrogen-bond donors (Lipinski definition) is 2. The molecule has 0 aromatic heterocycles. The molecule has 3 nitrogen and oxygen atoms in total. The van der Waals surface area contributed by atoms with Crippen molar-refractivity contribution in [1.82, 2.24) is 0 Å². The molecule has 1 unspecified atom stereocenters. The van der Waals surface area contributed by atoms with E-state index in [9.17, 15) is 9.18 Å². The zero-order valence-corrected chi connectivity index (χ0v) is 12.5. The van der Waals surface area contributed by atoms with Gasteiger partial charge in [0.1, 0.15) is 5.82 Å². The third kappa shape index (κ3) is 2.46. The number of carbonyl (C=O) groups excluding carboxylic acids is 1. The van der Waals surface area contributed by atoms with E-state index in [-0.39, 0.29) is 23.2 Å². The molecule has 1 saturated carbocycles. The Hall–Kier alpha value is -1.42. The zero-order chi connectivity index (χ0) is 15.0. The molecule has 1 amide bonds. The van der Waals surface area contributed by atoms with E-state index in [1.165, 1.54) is 18.9 Å². The van der Waals surface area contributed by atoms with Crippen LogP contribution in [0.1, 0.15) is 62.6 Å². The van der Waals surface area contributed by atoms with Crippen LogP contribution >= 0.6 is 0 Å². The maximum absolute atomic E-state index is 14.5. The third-order valence-electron chi connectivity index (χ3n) is 5.42.